The van der Waals surface area contributed by atoms with Gasteiger partial charge in [0.1, 0.15) is 5.82 Å². The molecule has 1 N–H and O–H groups in total. The van der Waals surface area contributed by atoms with Crippen LogP contribution in [0.3, 0.4) is 0 Å². The molecule has 2 rings (SSSR count). The molecule has 114 valence electrons. The van der Waals surface area contributed by atoms with E-state index in [9.17, 15) is 0 Å². The van der Waals surface area contributed by atoms with E-state index < -0.39 is 0 Å². The molecule has 0 aromatic carbocycles. The second-order valence-electron chi connectivity index (χ2n) is 5.26. The molecule has 0 saturated heterocycles. The van der Waals surface area contributed by atoms with Gasteiger partial charge in [0, 0.05) is 50.6 Å². The monoisotopic (exact) mass is 431 g/mol. The number of aromatic nitrogens is 1. The maximum Gasteiger partial charge on any atom is 0.133 e. The molecular weight excluding hydrogens is 414 g/mol. The number of halogens is 2. The Balaban J connectivity index is 2.16. The largest absolute Gasteiger partial charge is 0.354 e. The van der Waals surface area contributed by atoms with Crippen molar-refractivity contribution in [2.24, 2.45) is 0 Å². The fourth-order valence-corrected chi connectivity index (χ4v) is 3.89. The number of thiophene rings is 1. The van der Waals surface area contributed by atoms with Crippen molar-refractivity contribution in [3.8, 4) is 0 Å². The van der Waals surface area contributed by atoms with Crippen LogP contribution in [-0.2, 0) is 13.1 Å². The van der Waals surface area contributed by atoms with Crippen LogP contribution in [-0.4, -0.2) is 18.1 Å². The third kappa shape index (κ3) is 5.06. The van der Waals surface area contributed by atoms with Gasteiger partial charge in [-0.15, -0.1) is 11.3 Å². The molecule has 6 heteroatoms. The van der Waals surface area contributed by atoms with Crippen molar-refractivity contribution in [1.82, 2.24) is 10.3 Å². The van der Waals surface area contributed by atoms with Crippen molar-refractivity contribution in [1.29, 1.82) is 0 Å². The average molecular weight is 433 g/mol. The number of nitrogens with one attached hydrogen (secondary N) is 1. The molecule has 2 heterocycles. The van der Waals surface area contributed by atoms with Gasteiger partial charge in [0.2, 0.25) is 0 Å². The van der Waals surface area contributed by atoms with Crippen LogP contribution < -0.4 is 10.2 Å². The topological polar surface area (TPSA) is 28.2 Å². The van der Waals surface area contributed by atoms with Crippen molar-refractivity contribution < 1.29 is 0 Å². The van der Waals surface area contributed by atoms with Gasteiger partial charge < -0.3 is 10.2 Å². The van der Waals surface area contributed by atoms with Crippen molar-refractivity contribution >= 4 is 49.0 Å². The summed E-state index contributed by atoms with van der Waals surface area (Å²) in [7, 11) is 2.09. The molecule has 21 heavy (non-hydrogen) atoms. The van der Waals surface area contributed by atoms with E-state index >= 15 is 0 Å². The highest BCUT2D eigenvalue weighted by atomic mass is 79.9. The van der Waals surface area contributed by atoms with Gasteiger partial charge in [0.15, 0.2) is 0 Å². The van der Waals surface area contributed by atoms with Gasteiger partial charge in [-0.05, 0) is 44.0 Å². The van der Waals surface area contributed by atoms with Gasteiger partial charge in [-0.3, -0.25) is 0 Å². The lowest BCUT2D eigenvalue weighted by Gasteiger charge is -2.21. The van der Waals surface area contributed by atoms with Crippen LogP contribution in [0.2, 0.25) is 0 Å². The first-order valence-corrected chi connectivity index (χ1v) is 9.24. The lowest BCUT2D eigenvalue weighted by atomic mass is 10.2. The molecule has 0 aliphatic rings. The van der Waals surface area contributed by atoms with Gasteiger partial charge in [-0.1, -0.05) is 13.8 Å². The van der Waals surface area contributed by atoms with Crippen LogP contribution in [0.15, 0.2) is 32.7 Å². The van der Waals surface area contributed by atoms with Crippen LogP contribution in [0.25, 0.3) is 0 Å². The third-order valence-electron chi connectivity index (χ3n) is 2.99. The summed E-state index contributed by atoms with van der Waals surface area (Å²) in [6, 6.07) is 4.75. The summed E-state index contributed by atoms with van der Waals surface area (Å²) in [6.45, 7) is 5.98. The molecule has 0 aliphatic heterocycles. The first-order chi connectivity index (χ1) is 9.95. The summed E-state index contributed by atoms with van der Waals surface area (Å²) in [5.41, 5.74) is 1.20. The summed E-state index contributed by atoms with van der Waals surface area (Å²) < 4.78 is 2.15. The van der Waals surface area contributed by atoms with Crippen LogP contribution in [0.4, 0.5) is 5.82 Å². The smallest absolute Gasteiger partial charge is 0.133 e. The van der Waals surface area contributed by atoms with Crippen molar-refractivity contribution in [3.63, 3.8) is 0 Å². The van der Waals surface area contributed by atoms with Gasteiger partial charge in [0.25, 0.3) is 0 Å². The van der Waals surface area contributed by atoms with E-state index in [2.05, 4.69) is 85.5 Å². The zero-order valence-electron chi connectivity index (χ0n) is 12.4. The Kier molecular flexibility index (Phi) is 6.22. The van der Waals surface area contributed by atoms with Crippen molar-refractivity contribution in [2.75, 3.05) is 11.9 Å². The van der Waals surface area contributed by atoms with Crippen LogP contribution >= 0.6 is 43.2 Å². The van der Waals surface area contributed by atoms with E-state index in [1.807, 2.05) is 6.20 Å². The highest BCUT2D eigenvalue weighted by molar-refractivity contribution is 9.10. The van der Waals surface area contributed by atoms with E-state index in [1.54, 1.807) is 11.3 Å². The minimum Gasteiger partial charge on any atom is -0.354 e. The molecule has 0 aliphatic carbocycles. The normalized spacial score (nSPS) is 11.1. The van der Waals surface area contributed by atoms with Gasteiger partial charge in [-0.25, -0.2) is 4.98 Å². The maximum atomic E-state index is 4.59. The molecule has 0 bridgehead atoms. The standard InChI is InChI=1S/C15H19Br2N3S/c1-10(2)18-6-11-4-12(16)7-19-15(11)20(3)8-14-5-13(17)9-21-14/h4-5,7,9-10,18H,6,8H2,1-3H3. The Morgan fingerprint density at radius 2 is 2.05 bits per heavy atom. The van der Waals surface area contributed by atoms with Crippen molar-refractivity contribution in [3.05, 3.63) is 43.1 Å². The zero-order chi connectivity index (χ0) is 15.4. The Morgan fingerprint density at radius 3 is 2.67 bits per heavy atom. The summed E-state index contributed by atoms with van der Waals surface area (Å²) in [6.07, 6.45) is 1.86. The predicted molar refractivity (Wildman–Crippen MR) is 98.0 cm³/mol. The number of rotatable bonds is 6. The van der Waals surface area contributed by atoms with Crippen molar-refractivity contribution in [2.45, 2.75) is 33.0 Å². The number of pyridine rings is 1. The van der Waals surface area contributed by atoms with E-state index in [1.165, 1.54) is 10.4 Å². The highest BCUT2D eigenvalue weighted by Gasteiger charge is 2.12. The molecule has 0 radical (unpaired) electrons. The lowest BCUT2D eigenvalue weighted by Crippen LogP contribution is -2.25. The molecule has 0 saturated carbocycles. The van der Waals surface area contributed by atoms with Crippen LogP contribution in [0, 0.1) is 0 Å². The SMILES string of the molecule is CC(C)NCc1cc(Br)cnc1N(C)Cc1cc(Br)cs1. The van der Waals surface area contributed by atoms with Gasteiger partial charge >= 0.3 is 0 Å². The Labute approximate surface area is 147 Å². The first-order valence-electron chi connectivity index (χ1n) is 6.77. The molecular formula is C15H19Br2N3S. The molecule has 3 nitrogen and oxygen atoms in total. The molecule has 0 atom stereocenters. The fraction of sp³-hybridized carbons (Fsp3) is 0.400. The maximum absolute atomic E-state index is 4.59. The van der Waals surface area contributed by atoms with Gasteiger partial charge in [0.05, 0.1) is 6.54 Å². The zero-order valence-corrected chi connectivity index (χ0v) is 16.3. The molecule has 2 aromatic heterocycles. The fourth-order valence-electron chi connectivity index (χ4n) is 2.01. The number of nitrogens with zero attached hydrogens (tertiary/aromatic N) is 2. The van der Waals surface area contributed by atoms with E-state index in [-0.39, 0.29) is 0 Å². The third-order valence-corrected chi connectivity index (χ3v) is 5.10. The Morgan fingerprint density at radius 1 is 1.29 bits per heavy atom. The lowest BCUT2D eigenvalue weighted by molar-refractivity contribution is 0.587. The molecule has 0 amide bonds. The number of anilines is 1. The average Bonchev–Trinajstić information content (AvgIpc) is 2.81. The Hall–Kier alpha value is -0.430. The first kappa shape index (κ1) is 16.9. The minimum atomic E-state index is 0.454. The van der Waals surface area contributed by atoms with E-state index in [0.717, 1.165) is 27.9 Å². The second kappa shape index (κ2) is 7.72. The number of hydrogen-bond acceptors (Lipinski definition) is 4. The molecule has 0 spiro atoms. The van der Waals surface area contributed by atoms with Crippen LogP contribution in [0.1, 0.15) is 24.3 Å². The quantitative estimate of drug-likeness (QED) is 0.710. The summed E-state index contributed by atoms with van der Waals surface area (Å²) >= 11 is 8.77. The van der Waals surface area contributed by atoms with Gasteiger partial charge in [-0.2, -0.15) is 0 Å². The summed E-state index contributed by atoms with van der Waals surface area (Å²) in [5, 5.41) is 5.57. The Bertz CT molecular complexity index is 598. The number of hydrogen-bond donors (Lipinski definition) is 1. The predicted octanol–water partition coefficient (Wildman–Crippen LogP) is 4.80. The second-order valence-corrected chi connectivity index (χ2v) is 8.09. The van der Waals surface area contributed by atoms with E-state index in [0.29, 0.717) is 6.04 Å². The highest BCUT2D eigenvalue weighted by Crippen LogP contribution is 2.25. The summed E-state index contributed by atoms with van der Waals surface area (Å²) in [5.74, 6) is 1.02. The summed E-state index contributed by atoms with van der Waals surface area (Å²) in [4.78, 5) is 8.10. The molecule has 0 unspecified atom stereocenters. The minimum absolute atomic E-state index is 0.454. The van der Waals surface area contributed by atoms with E-state index in [4.69, 9.17) is 0 Å². The van der Waals surface area contributed by atoms with Crippen LogP contribution in [0.5, 0.6) is 0 Å². The molecule has 2 aromatic rings. The molecule has 0 fully saturated rings.